The van der Waals surface area contributed by atoms with E-state index in [0.717, 1.165) is 0 Å². The maximum Gasteiger partial charge on any atom is 0.0855 e. The van der Waals surface area contributed by atoms with E-state index in [0.29, 0.717) is 33.0 Å². The highest BCUT2D eigenvalue weighted by Crippen LogP contribution is 2.16. The van der Waals surface area contributed by atoms with E-state index in [-0.39, 0.29) is 13.2 Å². The van der Waals surface area contributed by atoms with Crippen molar-refractivity contribution in [2.45, 2.75) is 6.92 Å². The van der Waals surface area contributed by atoms with E-state index >= 15 is 0 Å². The molecule has 0 saturated heterocycles. The van der Waals surface area contributed by atoms with Crippen LogP contribution in [0, 0.1) is 5.41 Å². The highest BCUT2D eigenvalue weighted by Gasteiger charge is 2.24. The van der Waals surface area contributed by atoms with Gasteiger partial charge in [0, 0.05) is 16.9 Å². The van der Waals surface area contributed by atoms with Crippen LogP contribution in [0.5, 0.6) is 0 Å². The molecule has 0 aromatic heterocycles. The average Bonchev–Trinajstić information content (AvgIpc) is 2.46. The molecular weight excluding hydrogens is 268 g/mol. The SMILES string of the molecule is CC(CO)(COCCN=[N+]=[N-])COCC/N=N/N=N/N. The molecule has 1 atom stereocenters. The maximum absolute atomic E-state index is 9.34. The van der Waals surface area contributed by atoms with Crippen molar-refractivity contribution in [2.75, 3.05) is 46.1 Å². The largest absolute Gasteiger partial charge is 0.396 e. The zero-order valence-corrected chi connectivity index (χ0v) is 11.4. The number of hydrogen-bond acceptors (Lipinski definition) is 6. The summed E-state index contributed by atoms with van der Waals surface area (Å²) in [4.78, 5) is 2.61. The zero-order valence-electron chi connectivity index (χ0n) is 11.4. The second-order valence-electron chi connectivity index (χ2n) is 4.19. The third kappa shape index (κ3) is 10.1. The molecule has 0 amide bonds. The van der Waals surface area contributed by atoms with Crippen LogP contribution in [-0.2, 0) is 9.47 Å². The van der Waals surface area contributed by atoms with E-state index in [4.69, 9.17) is 20.8 Å². The van der Waals surface area contributed by atoms with Gasteiger partial charge < -0.3 is 20.4 Å². The number of rotatable bonds is 12. The summed E-state index contributed by atoms with van der Waals surface area (Å²) >= 11 is 0. The maximum atomic E-state index is 9.34. The van der Waals surface area contributed by atoms with Gasteiger partial charge in [0.25, 0.3) is 0 Å². The van der Waals surface area contributed by atoms with Gasteiger partial charge >= 0.3 is 0 Å². The lowest BCUT2D eigenvalue weighted by Crippen LogP contribution is -2.33. The number of nitrogens with zero attached hydrogens (tertiary/aromatic N) is 7. The molecule has 0 heterocycles. The van der Waals surface area contributed by atoms with Crippen molar-refractivity contribution >= 4 is 0 Å². The lowest BCUT2D eigenvalue weighted by molar-refractivity contribution is -0.0376. The fourth-order valence-corrected chi connectivity index (χ4v) is 1.12. The summed E-state index contributed by atoms with van der Waals surface area (Å²) in [7, 11) is 0. The molecule has 3 N–H and O–H groups in total. The number of azide groups is 1. The van der Waals surface area contributed by atoms with Gasteiger partial charge in [0.05, 0.1) is 39.6 Å². The third-order valence-electron chi connectivity index (χ3n) is 2.17. The van der Waals surface area contributed by atoms with Crippen LogP contribution in [0.3, 0.4) is 0 Å². The Balaban J connectivity index is 3.78. The predicted molar refractivity (Wildman–Crippen MR) is 69.6 cm³/mol. The van der Waals surface area contributed by atoms with Crippen molar-refractivity contribution in [3.05, 3.63) is 10.4 Å². The normalized spacial score (nSPS) is 14.5. The summed E-state index contributed by atoms with van der Waals surface area (Å²) < 4.78 is 10.7. The van der Waals surface area contributed by atoms with E-state index in [2.05, 4.69) is 30.8 Å². The Morgan fingerprint density at radius 2 is 1.85 bits per heavy atom. The Kier molecular flexibility index (Phi) is 11.1. The van der Waals surface area contributed by atoms with Crippen LogP contribution >= 0.6 is 0 Å². The van der Waals surface area contributed by atoms with Gasteiger partial charge in [-0.05, 0) is 16.0 Å². The molecule has 0 bridgehead atoms. The molecule has 0 fully saturated rings. The second kappa shape index (κ2) is 12.2. The molecule has 114 valence electrons. The minimum absolute atomic E-state index is 0.0859. The van der Waals surface area contributed by atoms with Gasteiger partial charge in [0.2, 0.25) is 0 Å². The first kappa shape index (κ1) is 18.2. The number of nitrogens with two attached hydrogens (primary N) is 1. The topological polar surface area (TPSA) is 163 Å². The molecule has 0 radical (unpaired) electrons. The fourth-order valence-electron chi connectivity index (χ4n) is 1.12. The Morgan fingerprint density at radius 1 is 1.20 bits per heavy atom. The van der Waals surface area contributed by atoms with E-state index < -0.39 is 5.41 Å². The lowest BCUT2D eigenvalue weighted by atomic mass is 9.94. The van der Waals surface area contributed by atoms with Crippen molar-refractivity contribution in [1.29, 1.82) is 0 Å². The highest BCUT2D eigenvalue weighted by atomic mass is 16.5. The van der Waals surface area contributed by atoms with Gasteiger partial charge in [-0.3, -0.25) is 0 Å². The molecule has 0 aliphatic carbocycles. The van der Waals surface area contributed by atoms with Crippen LogP contribution < -0.4 is 5.84 Å². The van der Waals surface area contributed by atoms with Gasteiger partial charge in [-0.1, -0.05) is 17.3 Å². The monoisotopic (exact) mass is 288 g/mol. The van der Waals surface area contributed by atoms with Gasteiger partial charge in [-0.25, -0.2) is 0 Å². The minimum Gasteiger partial charge on any atom is -0.396 e. The van der Waals surface area contributed by atoms with E-state index in [9.17, 15) is 5.11 Å². The van der Waals surface area contributed by atoms with E-state index in [1.165, 1.54) is 0 Å². The summed E-state index contributed by atoms with van der Waals surface area (Å²) in [6, 6.07) is 0. The van der Waals surface area contributed by atoms with E-state index in [1.54, 1.807) is 0 Å². The molecular formula is C9H20N8O3. The van der Waals surface area contributed by atoms with Crippen molar-refractivity contribution in [3.8, 4) is 0 Å². The molecule has 11 nitrogen and oxygen atoms in total. The Labute approximate surface area is 116 Å². The standard InChI is InChI=1S/C9H20N8O3/c1-9(6-18,7-19-4-2-12-14-10)8-20-5-3-13-16-17-15-11/h18H,2-8H2,1H3,(H2,11,13,17). The molecule has 0 rings (SSSR count). The van der Waals surface area contributed by atoms with E-state index in [1.807, 2.05) is 6.92 Å². The molecule has 0 aliphatic rings. The summed E-state index contributed by atoms with van der Waals surface area (Å²) in [5.74, 6) is 4.73. The van der Waals surface area contributed by atoms with Crippen molar-refractivity contribution in [1.82, 2.24) is 0 Å². The smallest absolute Gasteiger partial charge is 0.0855 e. The van der Waals surface area contributed by atoms with Crippen LogP contribution in [-0.4, -0.2) is 51.2 Å². The Bertz CT molecular complexity index is 344. The molecule has 0 aliphatic heterocycles. The van der Waals surface area contributed by atoms with Gasteiger partial charge in [0.1, 0.15) is 0 Å². The number of ether oxygens (including phenoxy) is 2. The first-order valence-corrected chi connectivity index (χ1v) is 5.92. The summed E-state index contributed by atoms with van der Waals surface area (Å²) in [6.45, 7) is 3.55. The van der Waals surface area contributed by atoms with Crippen LogP contribution in [0.1, 0.15) is 6.92 Å². The van der Waals surface area contributed by atoms with Crippen molar-refractivity contribution in [3.63, 3.8) is 0 Å². The van der Waals surface area contributed by atoms with Crippen LogP contribution in [0.25, 0.3) is 10.4 Å². The molecule has 0 saturated carbocycles. The first-order chi connectivity index (χ1) is 9.68. The van der Waals surface area contributed by atoms with Crippen LogP contribution in [0.2, 0.25) is 0 Å². The van der Waals surface area contributed by atoms with Gasteiger partial charge in [-0.15, -0.1) is 0 Å². The van der Waals surface area contributed by atoms with Gasteiger partial charge in [0.15, 0.2) is 0 Å². The molecule has 1 unspecified atom stereocenters. The predicted octanol–water partition coefficient (Wildman–Crippen LogP) is 1.02. The third-order valence-corrected chi connectivity index (χ3v) is 2.17. The highest BCUT2D eigenvalue weighted by molar-refractivity contribution is 4.72. The first-order valence-electron chi connectivity index (χ1n) is 5.92. The van der Waals surface area contributed by atoms with Crippen LogP contribution in [0.15, 0.2) is 25.9 Å². The summed E-state index contributed by atoms with van der Waals surface area (Å²) in [6.07, 6.45) is 0. The van der Waals surface area contributed by atoms with Crippen LogP contribution in [0.4, 0.5) is 0 Å². The fraction of sp³-hybridized carbons (Fsp3) is 1.00. The molecule has 0 aromatic rings. The molecule has 0 aromatic carbocycles. The molecule has 20 heavy (non-hydrogen) atoms. The molecule has 0 spiro atoms. The quantitative estimate of drug-likeness (QED) is 0.137. The lowest BCUT2D eigenvalue weighted by Gasteiger charge is -2.26. The number of hydrogen-bond donors (Lipinski definition) is 2. The number of aliphatic hydroxyl groups is 1. The zero-order chi connectivity index (χ0) is 15.1. The van der Waals surface area contributed by atoms with Crippen molar-refractivity contribution < 1.29 is 14.6 Å². The summed E-state index contributed by atoms with van der Waals surface area (Å²) in [5, 5.41) is 25.6. The Hall–Kier alpha value is -1.81. The number of aliphatic hydroxyl groups excluding tert-OH is 1. The van der Waals surface area contributed by atoms with Gasteiger partial charge in [-0.2, -0.15) is 5.11 Å². The minimum atomic E-state index is -0.523. The Morgan fingerprint density at radius 3 is 2.40 bits per heavy atom. The average molecular weight is 288 g/mol. The molecule has 11 heteroatoms. The second-order valence-corrected chi connectivity index (χ2v) is 4.19. The van der Waals surface area contributed by atoms with Crippen molar-refractivity contribution in [2.24, 2.45) is 37.2 Å². The summed E-state index contributed by atoms with van der Waals surface area (Å²) in [5.41, 5.74) is 7.58.